The van der Waals surface area contributed by atoms with Crippen molar-refractivity contribution in [2.24, 2.45) is 0 Å². The van der Waals surface area contributed by atoms with Crippen LogP contribution in [-0.4, -0.2) is 35.7 Å². The molecule has 1 N–H and O–H groups in total. The summed E-state index contributed by atoms with van der Waals surface area (Å²) in [6.07, 6.45) is 2.43. The molecule has 0 aliphatic carbocycles. The molecule has 188 valence electrons. The summed E-state index contributed by atoms with van der Waals surface area (Å²) in [6.45, 7) is 2.00. The van der Waals surface area contributed by atoms with Crippen LogP contribution in [0.25, 0.3) is 21.8 Å². The number of rotatable bonds is 11. The van der Waals surface area contributed by atoms with Crippen molar-refractivity contribution in [3.05, 3.63) is 102 Å². The molecule has 1 heterocycles. The van der Waals surface area contributed by atoms with Crippen LogP contribution in [0.3, 0.4) is 0 Å². The van der Waals surface area contributed by atoms with Crippen LogP contribution in [0, 0.1) is 0 Å². The van der Waals surface area contributed by atoms with E-state index in [0.29, 0.717) is 24.5 Å². The zero-order valence-corrected chi connectivity index (χ0v) is 21.0. The summed E-state index contributed by atoms with van der Waals surface area (Å²) in [4.78, 5) is 17.5. The highest BCUT2D eigenvalue weighted by Crippen LogP contribution is 2.22. The zero-order chi connectivity index (χ0) is 25.5. The molecule has 5 rings (SSSR count). The molecular weight excluding hydrogens is 462 g/mol. The van der Waals surface area contributed by atoms with Crippen LogP contribution in [0.1, 0.15) is 29.0 Å². The van der Waals surface area contributed by atoms with E-state index in [1.807, 2.05) is 48.5 Å². The molecular formula is C31H31N3O3. The monoisotopic (exact) mass is 493 g/mol. The van der Waals surface area contributed by atoms with E-state index >= 15 is 0 Å². The highest BCUT2D eigenvalue weighted by Gasteiger charge is 2.13. The van der Waals surface area contributed by atoms with E-state index in [2.05, 4.69) is 40.2 Å². The fraction of sp³-hybridized carbons (Fsp3) is 0.226. The highest BCUT2D eigenvalue weighted by atomic mass is 16.5. The molecule has 0 saturated heterocycles. The van der Waals surface area contributed by atoms with Crippen molar-refractivity contribution in [2.75, 3.05) is 20.3 Å². The second-order valence-electron chi connectivity index (χ2n) is 8.94. The number of nitrogens with zero attached hydrogens (tertiary/aromatic N) is 2. The third-order valence-corrected chi connectivity index (χ3v) is 6.46. The number of carbonyl (C=O) groups excluding carboxylic acids is 1. The molecule has 4 aromatic carbocycles. The Hall–Kier alpha value is -4.32. The van der Waals surface area contributed by atoms with Crippen molar-refractivity contribution >= 4 is 27.7 Å². The maximum atomic E-state index is 12.6. The third kappa shape index (κ3) is 5.75. The first-order valence-corrected chi connectivity index (χ1v) is 12.7. The van der Waals surface area contributed by atoms with E-state index in [0.717, 1.165) is 48.4 Å². The summed E-state index contributed by atoms with van der Waals surface area (Å²) in [6, 6.07) is 30.0. The van der Waals surface area contributed by atoms with Gasteiger partial charge in [0.15, 0.2) is 0 Å². The molecule has 6 heteroatoms. The third-order valence-electron chi connectivity index (χ3n) is 6.46. The average Bonchev–Trinajstić information content (AvgIpc) is 3.30. The number of aryl methyl sites for hydroxylation is 2. The van der Waals surface area contributed by atoms with Crippen LogP contribution in [-0.2, 0) is 13.0 Å². The number of hydrogen-bond donors (Lipinski definition) is 1. The topological polar surface area (TPSA) is 65.4 Å². The Labute approximate surface area is 216 Å². The minimum atomic E-state index is -0.128. The molecule has 0 unspecified atom stereocenters. The van der Waals surface area contributed by atoms with Gasteiger partial charge < -0.3 is 19.4 Å². The van der Waals surface area contributed by atoms with Crippen molar-refractivity contribution in [3.63, 3.8) is 0 Å². The first kappa shape index (κ1) is 24.4. The van der Waals surface area contributed by atoms with Gasteiger partial charge in [0.05, 0.1) is 30.3 Å². The van der Waals surface area contributed by atoms with Gasteiger partial charge in [0, 0.05) is 19.5 Å². The normalized spacial score (nSPS) is 11.1. The Balaban J connectivity index is 1.17. The summed E-state index contributed by atoms with van der Waals surface area (Å²) in [5, 5.41) is 5.40. The van der Waals surface area contributed by atoms with E-state index < -0.39 is 0 Å². The molecule has 1 amide bonds. The lowest BCUT2D eigenvalue weighted by Gasteiger charge is -2.12. The van der Waals surface area contributed by atoms with Gasteiger partial charge in [-0.3, -0.25) is 4.79 Å². The number of imidazole rings is 1. The van der Waals surface area contributed by atoms with Gasteiger partial charge >= 0.3 is 0 Å². The summed E-state index contributed by atoms with van der Waals surface area (Å²) in [5.41, 5.74) is 2.66. The minimum absolute atomic E-state index is 0.128. The molecule has 6 nitrogen and oxygen atoms in total. The molecule has 0 atom stereocenters. The first-order chi connectivity index (χ1) is 18.2. The summed E-state index contributed by atoms with van der Waals surface area (Å²) < 4.78 is 13.6. The molecule has 0 aliphatic heterocycles. The van der Waals surface area contributed by atoms with Gasteiger partial charge in [-0.1, -0.05) is 54.6 Å². The predicted molar refractivity (Wildman–Crippen MR) is 147 cm³/mol. The van der Waals surface area contributed by atoms with E-state index in [1.54, 1.807) is 19.2 Å². The van der Waals surface area contributed by atoms with Crippen LogP contribution in [0.2, 0.25) is 0 Å². The van der Waals surface area contributed by atoms with Gasteiger partial charge in [-0.2, -0.15) is 0 Å². The summed E-state index contributed by atoms with van der Waals surface area (Å²) >= 11 is 0. The summed E-state index contributed by atoms with van der Waals surface area (Å²) in [5.74, 6) is 2.36. The molecule has 0 aliphatic rings. The lowest BCUT2D eigenvalue weighted by molar-refractivity contribution is 0.0950. The number of fused-ring (bicyclic) bond motifs is 2. The molecule has 1 aromatic heterocycles. The van der Waals surface area contributed by atoms with Gasteiger partial charge in [0.1, 0.15) is 17.3 Å². The molecule has 0 radical (unpaired) electrons. The fourth-order valence-electron chi connectivity index (χ4n) is 4.61. The molecule has 0 spiro atoms. The van der Waals surface area contributed by atoms with Gasteiger partial charge in [-0.05, 0) is 60.0 Å². The van der Waals surface area contributed by atoms with Gasteiger partial charge in [0.2, 0.25) is 0 Å². The number of amides is 1. The number of para-hydroxylation sites is 3. The molecule has 0 saturated carbocycles. The Morgan fingerprint density at radius 3 is 2.57 bits per heavy atom. The van der Waals surface area contributed by atoms with E-state index in [4.69, 9.17) is 14.5 Å². The Morgan fingerprint density at radius 1 is 0.892 bits per heavy atom. The van der Waals surface area contributed by atoms with Crippen molar-refractivity contribution in [2.45, 2.75) is 25.8 Å². The fourth-order valence-corrected chi connectivity index (χ4v) is 4.61. The maximum absolute atomic E-state index is 12.6. The van der Waals surface area contributed by atoms with Crippen LogP contribution in [0.4, 0.5) is 0 Å². The van der Waals surface area contributed by atoms with E-state index in [-0.39, 0.29) is 5.91 Å². The van der Waals surface area contributed by atoms with Crippen molar-refractivity contribution < 1.29 is 14.3 Å². The summed E-state index contributed by atoms with van der Waals surface area (Å²) in [7, 11) is 1.57. The molecule has 0 bridgehead atoms. The van der Waals surface area contributed by atoms with Crippen molar-refractivity contribution in [1.29, 1.82) is 0 Å². The van der Waals surface area contributed by atoms with Crippen molar-refractivity contribution in [1.82, 2.24) is 14.9 Å². The number of benzene rings is 4. The Morgan fingerprint density at radius 2 is 1.68 bits per heavy atom. The predicted octanol–water partition coefficient (Wildman–Crippen LogP) is 6.03. The highest BCUT2D eigenvalue weighted by molar-refractivity contribution is 5.96. The van der Waals surface area contributed by atoms with E-state index in [9.17, 15) is 4.79 Å². The van der Waals surface area contributed by atoms with Crippen LogP contribution in [0.5, 0.6) is 11.5 Å². The first-order valence-electron chi connectivity index (χ1n) is 12.7. The minimum Gasteiger partial charge on any atom is -0.496 e. The molecule has 37 heavy (non-hydrogen) atoms. The standard InChI is InChI=1S/C31H31N3O3/c1-36-29-15-7-4-12-26(29)31(35)32-19-8-16-30-33-27-13-5-6-14-28(27)34(30)20-9-21-37-25-18-17-23-10-2-3-11-24(23)22-25/h2-7,10-15,17-18,22H,8-9,16,19-21H2,1H3,(H,32,35). The Kier molecular flexibility index (Phi) is 7.65. The van der Waals surface area contributed by atoms with Crippen molar-refractivity contribution in [3.8, 4) is 11.5 Å². The zero-order valence-electron chi connectivity index (χ0n) is 21.0. The Bertz CT molecular complexity index is 1510. The van der Waals surface area contributed by atoms with Gasteiger partial charge in [-0.25, -0.2) is 4.98 Å². The van der Waals surface area contributed by atoms with Crippen LogP contribution in [0.15, 0.2) is 91.0 Å². The van der Waals surface area contributed by atoms with Crippen LogP contribution >= 0.6 is 0 Å². The second-order valence-corrected chi connectivity index (χ2v) is 8.94. The quantitative estimate of drug-likeness (QED) is 0.228. The van der Waals surface area contributed by atoms with E-state index in [1.165, 1.54) is 10.8 Å². The smallest absolute Gasteiger partial charge is 0.255 e. The number of aromatic nitrogens is 2. The lowest BCUT2D eigenvalue weighted by Crippen LogP contribution is -2.25. The molecule has 5 aromatic rings. The largest absolute Gasteiger partial charge is 0.496 e. The average molecular weight is 494 g/mol. The number of ether oxygens (including phenoxy) is 2. The second kappa shape index (κ2) is 11.6. The van der Waals surface area contributed by atoms with Crippen LogP contribution < -0.4 is 14.8 Å². The number of nitrogens with one attached hydrogen (secondary N) is 1. The van der Waals surface area contributed by atoms with Gasteiger partial charge in [0.25, 0.3) is 5.91 Å². The number of carbonyl (C=O) groups is 1. The van der Waals surface area contributed by atoms with Gasteiger partial charge in [-0.15, -0.1) is 0 Å². The molecule has 0 fully saturated rings. The number of methoxy groups -OCH3 is 1. The maximum Gasteiger partial charge on any atom is 0.255 e. The number of hydrogen-bond acceptors (Lipinski definition) is 4. The lowest BCUT2D eigenvalue weighted by atomic mass is 10.1. The SMILES string of the molecule is COc1ccccc1C(=O)NCCCc1nc2ccccc2n1CCCOc1ccc2ccccc2c1.